The van der Waals surface area contributed by atoms with Gasteiger partial charge in [-0.1, -0.05) is 12.1 Å². The van der Waals surface area contributed by atoms with Gasteiger partial charge in [-0.05, 0) is 58.5 Å². The molecule has 0 aromatic heterocycles. The standard InChI is InChI=1S/C17H28N4O.2ClH/c1-13(18)7-8-17(22)20-16-6-4-3-5-15(16)19-14-9-11-21(2)12-10-14;;/h3-6,13-14,19H,7-12,18H2,1-2H3,(H,20,22);2*1H. The first kappa shape index (κ1) is 23.0. The molecule has 7 heteroatoms. The van der Waals surface area contributed by atoms with Crippen molar-refractivity contribution in [3.8, 4) is 0 Å². The maximum Gasteiger partial charge on any atom is 0.224 e. The second kappa shape index (κ2) is 11.5. The van der Waals surface area contributed by atoms with Gasteiger partial charge in [0.15, 0.2) is 0 Å². The van der Waals surface area contributed by atoms with Crippen molar-refractivity contribution in [3.63, 3.8) is 0 Å². The molecule has 1 aliphatic rings. The molecule has 0 radical (unpaired) electrons. The third-order valence-corrected chi connectivity index (χ3v) is 4.11. The molecule has 0 saturated carbocycles. The molecule has 1 amide bonds. The molecule has 0 aliphatic carbocycles. The number of likely N-dealkylation sites (tertiary alicyclic amines) is 1. The van der Waals surface area contributed by atoms with Crippen molar-refractivity contribution in [1.82, 2.24) is 4.90 Å². The van der Waals surface area contributed by atoms with Crippen molar-refractivity contribution in [2.75, 3.05) is 30.8 Å². The number of hydrogen-bond acceptors (Lipinski definition) is 4. The number of nitrogens with zero attached hydrogens (tertiary/aromatic N) is 1. The van der Waals surface area contributed by atoms with Crippen LogP contribution in [0.4, 0.5) is 11.4 Å². The Labute approximate surface area is 157 Å². The average Bonchev–Trinajstić information content (AvgIpc) is 2.49. The molecule has 1 unspecified atom stereocenters. The number of piperidine rings is 1. The Hall–Kier alpha value is -1.01. The minimum Gasteiger partial charge on any atom is -0.381 e. The summed E-state index contributed by atoms with van der Waals surface area (Å²) in [6, 6.07) is 8.44. The summed E-state index contributed by atoms with van der Waals surface area (Å²) in [5.74, 6) is 0.0231. The number of halogens is 2. The summed E-state index contributed by atoms with van der Waals surface area (Å²) in [5.41, 5.74) is 7.57. The first-order valence-electron chi connectivity index (χ1n) is 8.14. The fraction of sp³-hybridized carbons (Fsp3) is 0.588. The van der Waals surface area contributed by atoms with Crippen molar-refractivity contribution < 1.29 is 4.79 Å². The largest absolute Gasteiger partial charge is 0.381 e. The third-order valence-electron chi connectivity index (χ3n) is 4.11. The van der Waals surface area contributed by atoms with E-state index in [-0.39, 0.29) is 36.8 Å². The summed E-state index contributed by atoms with van der Waals surface area (Å²) in [6.07, 6.45) is 3.42. The van der Waals surface area contributed by atoms with Crippen LogP contribution in [-0.4, -0.2) is 43.0 Å². The molecule has 4 N–H and O–H groups in total. The van der Waals surface area contributed by atoms with Gasteiger partial charge in [0, 0.05) is 18.5 Å². The number of anilines is 2. The Kier molecular flexibility index (Phi) is 11.0. The van der Waals surface area contributed by atoms with Gasteiger partial charge in [0.05, 0.1) is 11.4 Å². The highest BCUT2D eigenvalue weighted by Gasteiger charge is 2.17. The van der Waals surface area contributed by atoms with Crippen LogP contribution in [0.25, 0.3) is 0 Å². The van der Waals surface area contributed by atoms with Crippen LogP contribution in [0, 0.1) is 0 Å². The Morgan fingerprint density at radius 1 is 1.25 bits per heavy atom. The van der Waals surface area contributed by atoms with Crippen LogP contribution in [0.2, 0.25) is 0 Å². The normalized spacial score (nSPS) is 16.5. The summed E-state index contributed by atoms with van der Waals surface area (Å²) in [5, 5.41) is 6.57. The maximum atomic E-state index is 12.0. The minimum absolute atomic E-state index is 0. The van der Waals surface area contributed by atoms with Crippen LogP contribution in [-0.2, 0) is 4.79 Å². The number of hydrogen-bond donors (Lipinski definition) is 3. The van der Waals surface area contributed by atoms with Gasteiger partial charge in [-0.15, -0.1) is 24.8 Å². The monoisotopic (exact) mass is 376 g/mol. The first-order chi connectivity index (χ1) is 10.5. The summed E-state index contributed by atoms with van der Waals surface area (Å²) in [6.45, 7) is 4.14. The van der Waals surface area contributed by atoms with E-state index in [0.717, 1.165) is 37.3 Å². The van der Waals surface area contributed by atoms with Crippen LogP contribution >= 0.6 is 24.8 Å². The van der Waals surface area contributed by atoms with Crippen LogP contribution in [0.15, 0.2) is 24.3 Å². The van der Waals surface area contributed by atoms with Gasteiger partial charge in [-0.3, -0.25) is 4.79 Å². The lowest BCUT2D eigenvalue weighted by Gasteiger charge is -2.30. The van der Waals surface area contributed by atoms with E-state index in [4.69, 9.17) is 5.73 Å². The average molecular weight is 377 g/mol. The lowest BCUT2D eigenvalue weighted by molar-refractivity contribution is -0.116. The molecular weight excluding hydrogens is 347 g/mol. The zero-order chi connectivity index (χ0) is 15.9. The van der Waals surface area contributed by atoms with E-state index in [9.17, 15) is 4.79 Å². The summed E-state index contributed by atoms with van der Waals surface area (Å²) >= 11 is 0. The van der Waals surface area contributed by atoms with Crippen molar-refractivity contribution in [2.24, 2.45) is 5.73 Å². The maximum absolute atomic E-state index is 12.0. The fourth-order valence-corrected chi connectivity index (χ4v) is 2.66. The number of benzene rings is 1. The molecular formula is C17H30Cl2N4O. The molecule has 1 aromatic carbocycles. The molecule has 1 aliphatic heterocycles. The molecule has 1 heterocycles. The number of para-hydroxylation sites is 2. The molecule has 1 atom stereocenters. The smallest absolute Gasteiger partial charge is 0.224 e. The van der Waals surface area contributed by atoms with Gasteiger partial charge in [-0.25, -0.2) is 0 Å². The van der Waals surface area contributed by atoms with Gasteiger partial charge in [-0.2, -0.15) is 0 Å². The molecule has 0 bridgehead atoms. The van der Waals surface area contributed by atoms with Gasteiger partial charge in [0.2, 0.25) is 5.91 Å². The topological polar surface area (TPSA) is 70.4 Å². The number of nitrogens with one attached hydrogen (secondary N) is 2. The quantitative estimate of drug-likeness (QED) is 0.713. The molecule has 1 saturated heterocycles. The van der Waals surface area contributed by atoms with E-state index in [2.05, 4.69) is 22.6 Å². The summed E-state index contributed by atoms with van der Waals surface area (Å²) in [7, 11) is 2.16. The van der Waals surface area contributed by atoms with Gasteiger partial charge >= 0.3 is 0 Å². The highest BCUT2D eigenvalue weighted by molar-refractivity contribution is 5.94. The predicted octanol–water partition coefficient (Wildman–Crippen LogP) is 3.10. The Balaban J connectivity index is 0.00000264. The number of amides is 1. The van der Waals surface area contributed by atoms with E-state index < -0.39 is 0 Å². The van der Waals surface area contributed by atoms with Crippen LogP contribution < -0.4 is 16.4 Å². The lowest BCUT2D eigenvalue weighted by atomic mass is 10.0. The molecule has 0 spiro atoms. The van der Waals surface area contributed by atoms with E-state index in [0.29, 0.717) is 18.9 Å². The Morgan fingerprint density at radius 2 is 1.83 bits per heavy atom. The molecule has 24 heavy (non-hydrogen) atoms. The van der Waals surface area contributed by atoms with Crippen molar-refractivity contribution in [3.05, 3.63) is 24.3 Å². The third kappa shape index (κ3) is 7.71. The van der Waals surface area contributed by atoms with Crippen LogP contribution in [0.5, 0.6) is 0 Å². The van der Waals surface area contributed by atoms with E-state index in [1.165, 1.54) is 0 Å². The van der Waals surface area contributed by atoms with Gasteiger partial charge in [0.1, 0.15) is 0 Å². The predicted molar refractivity (Wildman–Crippen MR) is 107 cm³/mol. The molecule has 2 rings (SSSR count). The van der Waals surface area contributed by atoms with Gasteiger partial charge in [0.25, 0.3) is 0 Å². The summed E-state index contributed by atoms with van der Waals surface area (Å²) < 4.78 is 0. The van der Waals surface area contributed by atoms with E-state index in [1.54, 1.807) is 0 Å². The Bertz CT molecular complexity index is 491. The minimum atomic E-state index is 0. The molecule has 5 nitrogen and oxygen atoms in total. The number of rotatable bonds is 6. The van der Waals surface area contributed by atoms with Crippen LogP contribution in [0.1, 0.15) is 32.6 Å². The van der Waals surface area contributed by atoms with E-state index in [1.807, 2.05) is 31.2 Å². The van der Waals surface area contributed by atoms with Crippen LogP contribution in [0.3, 0.4) is 0 Å². The Morgan fingerprint density at radius 3 is 2.42 bits per heavy atom. The number of carbonyl (C=O) groups is 1. The lowest BCUT2D eigenvalue weighted by Crippen LogP contribution is -2.36. The first-order valence-corrected chi connectivity index (χ1v) is 8.14. The van der Waals surface area contributed by atoms with Crippen molar-refractivity contribution in [2.45, 2.75) is 44.7 Å². The molecule has 138 valence electrons. The molecule has 1 aromatic rings. The van der Waals surface area contributed by atoms with Crippen molar-refractivity contribution in [1.29, 1.82) is 0 Å². The molecule has 1 fully saturated rings. The van der Waals surface area contributed by atoms with Crippen molar-refractivity contribution >= 4 is 42.1 Å². The highest BCUT2D eigenvalue weighted by atomic mass is 35.5. The van der Waals surface area contributed by atoms with Gasteiger partial charge < -0.3 is 21.3 Å². The SMILES string of the molecule is CC(N)CCC(=O)Nc1ccccc1NC1CCN(C)CC1.Cl.Cl. The zero-order valence-electron chi connectivity index (χ0n) is 14.5. The van der Waals surface area contributed by atoms with E-state index >= 15 is 0 Å². The fourth-order valence-electron chi connectivity index (χ4n) is 2.66. The number of nitrogens with two attached hydrogens (primary N) is 1. The number of carbonyl (C=O) groups excluding carboxylic acids is 1. The second-order valence-corrected chi connectivity index (χ2v) is 6.33. The zero-order valence-corrected chi connectivity index (χ0v) is 16.1. The summed E-state index contributed by atoms with van der Waals surface area (Å²) in [4.78, 5) is 14.4. The highest BCUT2D eigenvalue weighted by Crippen LogP contribution is 2.24. The second-order valence-electron chi connectivity index (χ2n) is 6.33.